The Morgan fingerprint density at radius 2 is 1.11 bits per heavy atom. The second-order valence-corrected chi connectivity index (χ2v) is 11.6. The molecule has 0 saturated heterocycles. The highest BCUT2D eigenvalue weighted by Crippen LogP contribution is 2.19. The lowest BCUT2D eigenvalue weighted by atomic mass is 10.0. The van der Waals surface area contributed by atoms with Crippen molar-refractivity contribution < 1.29 is 28.6 Å². The number of nitrogens with two attached hydrogens (primary N) is 1. The summed E-state index contributed by atoms with van der Waals surface area (Å²) in [7, 11) is 0. The predicted octanol–water partition coefficient (Wildman–Crippen LogP) is 4.55. The first kappa shape index (κ1) is 32.8. The van der Waals surface area contributed by atoms with Crippen LogP contribution in [0.2, 0.25) is 0 Å². The van der Waals surface area contributed by atoms with Gasteiger partial charge in [-0.1, -0.05) is 0 Å². The average molecular weight is 503 g/mol. The van der Waals surface area contributed by atoms with Gasteiger partial charge in [-0.05, 0) is 101 Å². The maximum absolute atomic E-state index is 13.0. The van der Waals surface area contributed by atoms with E-state index in [-0.39, 0.29) is 6.04 Å². The Morgan fingerprint density at radius 1 is 0.714 bits per heavy atom. The molecule has 35 heavy (non-hydrogen) atoms. The van der Waals surface area contributed by atoms with Crippen molar-refractivity contribution in [2.24, 2.45) is 5.73 Å². The predicted molar refractivity (Wildman–Crippen MR) is 137 cm³/mol. The minimum atomic E-state index is -0.626. The molecule has 0 atom stereocenters. The maximum Gasteiger partial charge on any atom is 0.410 e. The molecular weight excluding hydrogens is 452 g/mol. The summed E-state index contributed by atoms with van der Waals surface area (Å²) in [5.74, 6) is 0. The van der Waals surface area contributed by atoms with Crippen molar-refractivity contribution in [2.75, 3.05) is 26.2 Å². The number of carbonyl (C=O) groups excluding carboxylic acids is 3. The molecule has 0 rings (SSSR count). The highest BCUT2D eigenvalue weighted by Gasteiger charge is 2.28. The van der Waals surface area contributed by atoms with Crippen molar-refractivity contribution in [3.8, 4) is 0 Å². The zero-order valence-electron chi connectivity index (χ0n) is 23.4. The summed E-state index contributed by atoms with van der Waals surface area (Å²) < 4.78 is 16.2. The van der Waals surface area contributed by atoms with Gasteiger partial charge < -0.3 is 35.5 Å². The smallest absolute Gasteiger partial charge is 0.410 e. The quantitative estimate of drug-likeness (QED) is 0.263. The Bertz CT molecular complexity index is 614. The lowest BCUT2D eigenvalue weighted by Gasteiger charge is -2.34. The SMILES string of the molecule is CC(C)(C)OC(=O)NCCCC(CCCNC(=O)OC(C)(C)C)N(CCCN)C(=O)OC(C)(C)C. The molecule has 10 heteroatoms. The molecule has 0 unspecified atom stereocenters. The minimum Gasteiger partial charge on any atom is -0.444 e. The molecule has 0 heterocycles. The third kappa shape index (κ3) is 18.7. The van der Waals surface area contributed by atoms with Crippen molar-refractivity contribution in [1.82, 2.24) is 15.5 Å². The van der Waals surface area contributed by atoms with E-state index >= 15 is 0 Å². The van der Waals surface area contributed by atoms with E-state index in [1.807, 2.05) is 62.3 Å². The van der Waals surface area contributed by atoms with E-state index in [4.69, 9.17) is 19.9 Å². The summed E-state index contributed by atoms with van der Waals surface area (Å²) in [5, 5.41) is 5.52. The number of nitrogens with one attached hydrogen (secondary N) is 2. The van der Waals surface area contributed by atoms with Crippen LogP contribution in [0.25, 0.3) is 0 Å². The number of hydrogen-bond acceptors (Lipinski definition) is 7. The first-order chi connectivity index (χ1) is 15.9. The Labute approximate surface area is 212 Å². The molecule has 0 aliphatic carbocycles. The standard InChI is InChI=1S/C25H50N4O6/c1-23(2,3)33-20(30)27-16-10-13-19(14-11-17-28-21(31)34-24(4,5)6)29(18-12-15-26)22(32)35-25(7,8)9/h19H,10-18,26H2,1-9H3,(H,27,30)(H,28,31). The Morgan fingerprint density at radius 3 is 1.46 bits per heavy atom. The third-order valence-electron chi connectivity index (χ3n) is 4.44. The van der Waals surface area contributed by atoms with Gasteiger partial charge in [0.2, 0.25) is 0 Å². The zero-order chi connectivity index (χ0) is 27.3. The molecule has 0 aromatic carbocycles. The summed E-state index contributed by atoms with van der Waals surface area (Å²) in [6.07, 6.45) is 1.89. The van der Waals surface area contributed by atoms with Crippen molar-refractivity contribution in [1.29, 1.82) is 0 Å². The number of alkyl carbamates (subject to hydrolysis) is 2. The van der Waals surface area contributed by atoms with E-state index in [1.54, 1.807) is 4.90 Å². The number of carbonyl (C=O) groups is 3. The van der Waals surface area contributed by atoms with E-state index in [0.29, 0.717) is 58.3 Å². The molecule has 0 radical (unpaired) electrons. The molecule has 3 amide bonds. The van der Waals surface area contributed by atoms with Crippen molar-refractivity contribution in [2.45, 2.75) is 117 Å². The summed E-state index contributed by atoms with van der Waals surface area (Å²) >= 11 is 0. The van der Waals surface area contributed by atoms with Crippen LogP contribution in [0.5, 0.6) is 0 Å². The molecule has 206 valence electrons. The highest BCUT2D eigenvalue weighted by molar-refractivity contribution is 5.69. The van der Waals surface area contributed by atoms with Gasteiger partial charge in [0.1, 0.15) is 16.8 Å². The van der Waals surface area contributed by atoms with E-state index in [2.05, 4.69) is 10.6 Å². The first-order valence-corrected chi connectivity index (χ1v) is 12.6. The van der Waals surface area contributed by atoms with E-state index in [0.717, 1.165) is 0 Å². The second kappa shape index (κ2) is 15.0. The van der Waals surface area contributed by atoms with Crippen LogP contribution in [0.1, 0.15) is 94.4 Å². The van der Waals surface area contributed by atoms with Crippen LogP contribution in [0.3, 0.4) is 0 Å². The van der Waals surface area contributed by atoms with Crippen LogP contribution in [0, 0.1) is 0 Å². The van der Waals surface area contributed by atoms with E-state index in [1.165, 1.54) is 0 Å². The zero-order valence-corrected chi connectivity index (χ0v) is 23.4. The minimum absolute atomic E-state index is 0.141. The number of amides is 3. The molecule has 0 aliphatic heterocycles. The fourth-order valence-electron chi connectivity index (χ4n) is 3.15. The third-order valence-corrected chi connectivity index (χ3v) is 4.44. The maximum atomic E-state index is 13.0. The van der Waals surface area contributed by atoms with Gasteiger partial charge in [0.05, 0.1) is 0 Å². The fraction of sp³-hybridized carbons (Fsp3) is 0.880. The molecule has 0 bridgehead atoms. The van der Waals surface area contributed by atoms with Gasteiger partial charge in [-0.25, -0.2) is 14.4 Å². The van der Waals surface area contributed by atoms with Gasteiger partial charge in [0, 0.05) is 25.7 Å². The largest absolute Gasteiger partial charge is 0.444 e. The number of hydrogen-bond donors (Lipinski definition) is 3. The molecule has 4 N–H and O–H groups in total. The van der Waals surface area contributed by atoms with Crippen LogP contribution >= 0.6 is 0 Å². The van der Waals surface area contributed by atoms with Gasteiger partial charge in [0.25, 0.3) is 0 Å². The van der Waals surface area contributed by atoms with Crippen LogP contribution in [0.4, 0.5) is 14.4 Å². The highest BCUT2D eigenvalue weighted by atomic mass is 16.6. The second-order valence-electron chi connectivity index (χ2n) is 11.6. The van der Waals surface area contributed by atoms with Gasteiger partial charge >= 0.3 is 18.3 Å². The summed E-state index contributed by atoms with van der Waals surface area (Å²) in [6.45, 7) is 18.1. The molecule has 0 aromatic rings. The van der Waals surface area contributed by atoms with Gasteiger partial charge in [-0.15, -0.1) is 0 Å². The van der Waals surface area contributed by atoms with Crippen LogP contribution in [-0.2, 0) is 14.2 Å². The van der Waals surface area contributed by atoms with E-state index < -0.39 is 35.1 Å². The number of ether oxygens (including phenoxy) is 3. The topological polar surface area (TPSA) is 132 Å². The lowest BCUT2D eigenvalue weighted by Crippen LogP contribution is -2.45. The normalized spacial score (nSPS) is 12.2. The van der Waals surface area contributed by atoms with Gasteiger partial charge in [0.15, 0.2) is 0 Å². The van der Waals surface area contributed by atoms with Gasteiger partial charge in [-0.2, -0.15) is 0 Å². The monoisotopic (exact) mass is 502 g/mol. The molecule has 0 spiro atoms. The molecule has 10 nitrogen and oxygen atoms in total. The average Bonchev–Trinajstić information content (AvgIpc) is 2.63. The van der Waals surface area contributed by atoms with E-state index in [9.17, 15) is 14.4 Å². The molecule has 0 aliphatic rings. The summed E-state index contributed by atoms with van der Waals surface area (Å²) in [6, 6.07) is -0.141. The number of rotatable bonds is 12. The summed E-state index contributed by atoms with van der Waals surface area (Å²) in [5.41, 5.74) is 3.96. The molecule has 0 aromatic heterocycles. The first-order valence-electron chi connectivity index (χ1n) is 12.6. The fourth-order valence-corrected chi connectivity index (χ4v) is 3.15. The van der Waals surface area contributed by atoms with Crippen molar-refractivity contribution in [3.05, 3.63) is 0 Å². The Balaban J connectivity index is 5.13. The summed E-state index contributed by atoms with van der Waals surface area (Å²) in [4.78, 5) is 38.6. The number of nitrogens with zero attached hydrogens (tertiary/aromatic N) is 1. The Kier molecular flexibility index (Phi) is 14.1. The molecular formula is C25H50N4O6. The van der Waals surface area contributed by atoms with Crippen LogP contribution in [-0.4, -0.2) is 72.2 Å². The molecule has 0 fully saturated rings. The molecule has 0 saturated carbocycles. The lowest BCUT2D eigenvalue weighted by molar-refractivity contribution is 0.0133. The Hall–Kier alpha value is -2.23. The van der Waals surface area contributed by atoms with Crippen molar-refractivity contribution >= 4 is 18.3 Å². The van der Waals surface area contributed by atoms with Crippen molar-refractivity contribution in [3.63, 3.8) is 0 Å². The van der Waals surface area contributed by atoms with Crippen LogP contribution < -0.4 is 16.4 Å². The van der Waals surface area contributed by atoms with Crippen LogP contribution in [0.15, 0.2) is 0 Å². The van der Waals surface area contributed by atoms with Gasteiger partial charge in [-0.3, -0.25) is 0 Å².